The zero-order valence-corrected chi connectivity index (χ0v) is 20.3. The van der Waals surface area contributed by atoms with E-state index in [0.29, 0.717) is 17.9 Å². The summed E-state index contributed by atoms with van der Waals surface area (Å²) in [6.07, 6.45) is 9.15. The van der Waals surface area contributed by atoms with Crippen LogP contribution in [-0.2, 0) is 14.3 Å². The Hall–Kier alpha value is -1.06. The Morgan fingerprint density at radius 3 is 2.37 bits per heavy atom. The van der Waals surface area contributed by atoms with Crippen LogP contribution in [0.1, 0.15) is 92.9 Å². The lowest BCUT2D eigenvalue weighted by Crippen LogP contribution is -2.61. The van der Waals surface area contributed by atoms with Crippen molar-refractivity contribution >= 4 is 11.9 Å². The lowest BCUT2D eigenvalue weighted by molar-refractivity contribution is -0.169. The molecule has 0 bridgehead atoms. The molecule has 4 heteroatoms. The number of carbonyl (C=O) groups is 2. The Morgan fingerprint density at radius 1 is 1.03 bits per heavy atom. The number of carbonyl (C=O) groups excluding carboxylic acids is 2. The van der Waals surface area contributed by atoms with Crippen molar-refractivity contribution in [2.75, 3.05) is 7.05 Å². The Morgan fingerprint density at radius 2 is 1.70 bits per heavy atom. The summed E-state index contributed by atoms with van der Waals surface area (Å²) in [5, 5.41) is 0. The van der Waals surface area contributed by atoms with Crippen LogP contribution in [-0.4, -0.2) is 36.0 Å². The number of hydrogen-bond acceptors (Lipinski definition) is 3. The zero-order valence-electron chi connectivity index (χ0n) is 20.3. The van der Waals surface area contributed by atoms with Gasteiger partial charge in [0.1, 0.15) is 6.10 Å². The van der Waals surface area contributed by atoms with Crippen LogP contribution < -0.4 is 0 Å². The van der Waals surface area contributed by atoms with Gasteiger partial charge in [-0.2, -0.15) is 0 Å². The molecule has 8 atom stereocenters. The van der Waals surface area contributed by atoms with E-state index in [0.717, 1.165) is 37.0 Å². The summed E-state index contributed by atoms with van der Waals surface area (Å²) in [7, 11) is 2.04. The van der Waals surface area contributed by atoms with Crippen molar-refractivity contribution in [1.82, 2.24) is 4.90 Å². The average Bonchev–Trinajstić information content (AvgIpc) is 3.01. The van der Waals surface area contributed by atoms with E-state index in [1.165, 1.54) is 32.1 Å². The topological polar surface area (TPSA) is 46.6 Å². The molecule has 3 saturated carbocycles. The van der Waals surface area contributed by atoms with Crippen LogP contribution in [0.5, 0.6) is 0 Å². The monoisotopic (exact) mass is 417 g/mol. The number of piperidine rings is 1. The molecule has 170 valence electrons. The van der Waals surface area contributed by atoms with Gasteiger partial charge in [-0.3, -0.25) is 9.59 Å². The molecule has 0 aromatic heterocycles. The third-order valence-corrected chi connectivity index (χ3v) is 10.1. The highest BCUT2D eigenvalue weighted by Gasteiger charge is 2.62. The van der Waals surface area contributed by atoms with E-state index in [4.69, 9.17) is 4.74 Å². The fourth-order valence-electron chi connectivity index (χ4n) is 8.39. The third-order valence-electron chi connectivity index (χ3n) is 10.1. The molecule has 0 N–H and O–H groups in total. The SMILES string of the molecule is CC(OC(=O)C(C)(C)C)[C@H]1CC[C@H]2[C@@H]3CCC4N(C)C(=O)CC[C@]4(C)[C@H]3CC[C@]12C. The molecule has 0 radical (unpaired) electrons. The minimum Gasteiger partial charge on any atom is -0.462 e. The molecule has 0 aromatic carbocycles. The Bertz CT molecular complexity index is 712. The van der Waals surface area contributed by atoms with E-state index in [9.17, 15) is 9.59 Å². The second-order valence-electron chi connectivity index (χ2n) is 12.6. The fourth-order valence-corrected chi connectivity index (χ4v) is 8.39. The average molecular weight is 418 g/mol. The molecular formula is C26H43NO3. The van der Waals surface area contributed by atoms with Gasteiger partial charge in [0.15, 0.2) is 0 Å². The largest absolute Gasteiger partial charge is 0.462 e. The number of likely N-dealkylation sites (tertiary alicyclic amines) is 1. The quantitative estimate of drug-likeness (QED) is 0.562. The molecule has 4 fully saturated rings. The van der Waals surface area contributed by atoms with E-state index >= 15 is 0 Å². The van der Waals surface area contributed by atoms with Crippen LogP contribution in [0.15, 0.2) is 0 Å². The number of fused-ring (bicyclic) bond motifs is 5. The van der Waals surface area contributed by atoms with Crippen LogP contribution in [0.4, 0.5) is 0 Å². The summed E-state index contributed by atoms with van der Waals surface area (Å²) in [5.41, 5.74) is 0.107. The molecule has 30 heavy (non-hydrogen) atoms. The van der Waals surface area contributed by atoms with Gasteiger partial charge >= 0.3 is 5.97 Å². The van der Waals surface area contributed by atoms with Crippen molar-refractivity contribution in [2.45, 2.75) is 105 Å². The van der Waals surface area contributed by atoms with Gasteiger partial charge in [0.05, 0.1) is 5.41 Å². The molecular weight excluding hydrogens is 374 g/mol. The standard InChI is InChI=1S/C26H43NO3/c1-16(30-23(29)24(2,3)4)18-9-10-19-17-8-11-21-26(6,15-13-22(28)27(21)7)20(17)12-14-25(18,19)5/h16-21H,8-15H2,1-7H3/t16?,17-,18+,19-,20-,21?,25+,26+/m0/s1. The van der Waals surface area contributed by atoms with E-state index in [1.54, 1.807) is 0 Å². The van der Waals surface area contributed by atoms with Crippen molar-refractivity contribution in [3.05, 3.63) is 0 Å². The number of nitrogens with zero attached hydrogens (tertiary/aromatic N) is 1. The third kappa shape index (κ3) is 3.23. The fraction of sp³-hybridized carbons (Fsp3) is 0.923. The maximum Gasteiger partial charge on any atom is 0.311 e. The first kappa shape index (κ1) is 22.1. The van der Waals surface area contributed by atoms with Gasteiger partial charge in [-0.05, 0) is 101 Å². The summed E-state index contributed by atoms with van der Waals surface area (Å²) in [4.78, 5) is 27.0. The van der Waals surface area contributed by atoms with Crippen molar-refractivity contribution in [3.63, 3.8) is 0 Å². The van der Waals surface area contributed by atoms with E-state index < -0.39 is 5.41 Å². The molecule has 1 heterocycles. The van der Waals surface area contributed by atoms with E-state index in [2.05, 4.69) is 25.7 Å². The molecule has 1 saturated heterocycles. The minimum atomic E-state index is -0.442. The second kappa shape index (κ2) is 7.24. The molecule has 1 aliphatic heterocycles. The smallest absolute Gasteiger partial charge is 0.311 e. The normalized spacial score (nSPS) is 44.7. The molecule has 4 nitrogen and oxygen atoms in total. The van der Waals surface area contributed by atoms with E-state index in [-0.39, 0.29) is 22.9 Å². The van der Waals surface area contributed by atoms with Crippen LogP contribution in [0, 0.1) is 39.9 Å². The molecule has 1 amide bonds. The van der Waals surface area contributed by atoms with Crippen LogP contribution in [0.3, 0.4) is 0 Å². The predicted molar refractivity (Wildman–Crippen MR) is 119 cm³/mol. The number of esters is 1. The first-order valence-electron chi connectivity index (χ1n) is 12.4. The highest BCUT2D eigenvalue weighted by Crippen LogP contribution is 2.66. The first-order chi connectivity index (χ1) is 13.9. The first-order valence-corrected chi connectivity index (χ1v) is 12.4. The van der Waals surface area contributed by atoms with Gasteiger partial charge < -0.3 is 9.64 Å². The maximum atomic E-state index is 12.5. The van der Waals surface area contributed by atoms with Gasteiger partial charge in [0.2, 0.25) is 5.91 Å². The Kier molecular flexibility index (Phi) is 5.34. The summed E-state index contributed by atoms with van der Waals surface area (Å²) in [6, 6.07) is 0.424. The van der Waals surface area contributed by atoms with E-state index in [1.807, 2.05) is 27.8 Å². The lowest BCUT2D eigenvalue weighted by Gasteiger charge is -2.62. The second-order valence-corrected chi connectivity index (χ2v) is 12.6. The van der Waals surface area contributed by atoms with Crippen molar-refractivity contribution in [2.24, 2.45) is 39.9 Å². The number of ether oxygens (including phenoxy) is 1. The Labute approximate surface area is 183 Å². The van der Waals surface area contributed by atoms with Crippen LogP contribution in [0.2, 0.25) is 0 Å². The predicted octanol–water partition coefficient (Wildman–Crippen LogP) is 5.44. The maximum absolute atomic E-state index is 12.5. The molecule has 4 aliphatic rings. The van der Waals surface area contributed by atoms with Gasteiger partial charge in [0.25, 0.3) is 0 Å². The summed E-state index contributed by atoms with van der Waals surface area (Å²) < 4.78 is 6.00. The summed E-state index contributed by atoms with van der Waals surface area (Å²) >= 11 is 0. The number of hydrogen-bond donors (Lipinski definition) is 0. The Balaban J connectivity index is 1.53. The highest BCUT2D eigenvalue weighted by atomic mass is 16.5. The summed E-state index contributed by atoms with van der Waals surface area (Å²) in [5.74, 6) is 2.97. The zero-order chi connectivity index (χ0) is 22.1. The van der Waals surface area contributed by atoms with Crippen molar-refractivity contribution < 1.29 is 14.3 Å². The van der Waals surface area contributed by atoms with Crippen molar-refractivity contribution in [3.8, 4) is 0 Å². The number of amides is 1. The molecule has 0 aromatic rings. The molecule has 4 rings (SSSR count). The molecule has 0 spiro atoms. The van der Waals surface area contributed by atoms with Gasteiger partial charge in [0, 0.05) is 25.4 Å². The number of rotatable bonds is 2. The molecule has 2 unspecified atom stereocenters. The lowest BCUT2D eigenvalue weighted by atomic mass is 9.46. The van der Waals surface area contributed by atoms with Gasteiger partial charge in [-0.1, -0.05) is 13.8 Å². The van der Waals surface area contributed by atoms with Crippen LogP contribution in [0.25, 0.3) is 0 Å². The van der Waals surface area contributed by atoms with Gasteiger partial charge in [-0.15, -0.1) is 0 Å². The summed E-state index contributed by atoms with van der Waals surface area (Å²) in [6.45, 7) is 12.9. The van der Waals surface area contributed by atoms with Crippen LogP contribution >= 0.6 is 0 Å². The van der Waals surface area contributed by atoms with Gasteiger partial charge in [-0.25, -0.2) is 0 Å². The minimum absolute atomic E-state index is 0.00589. The van der Waals surface area contributed by atoms with Crippen molar-refractivity contribution in [1.29, 1.82) is 0 Å². The molecule has 3 aliphatic carbocycles. The highest BCUT2D eigenvalue weighted by molar-refractivity contribution is 5.77.